The van der Waals surface area contributed by atoms with Crippen LogP contribution in [0, 0.1) is 17.7 Å². The fraction of sp³-hybridized carbons (Fsp3) is 0.438. The molecule has 13 heteroatoms. The first-order valence-electron chi connectivity index (χ1n) is 14.4. The highest BCUT2D eigenvalue weighted by atomic mass is 19.4. The fourth-order valence-electron chi connectivity index (χ4n) is 5.49. The summed E-state index contributed by atoms with van der Waals surface area (Å²) in [5, 5.41) is 10.2. The summed E-state index contributed by atoms with van der Waals surface area (Å²) in [5.74, 6) is -4.29. The molecule has 0 bridgehead atoms. The van der Waals surface area contributed by atoms with Gasteiger partial charge in [0.15, 0.2) is 11.6 Å². The Bertz CT molecular complexity index is 1470. The van der Waals surface area contributed by atoms with E-state index in [4.69, 9.17) is 14.2 Å². The number of alkyl halides is 3. The number of amides is 1. The largest absolute Gasteiger partial charge is 0.478 e. The van der Waals surface area contributed by atoms with Crippen molar-refractivity contribution >= 4 is 17.6 Å². The van der Waals surface area contributed by atoms with Gasteiger partial charge in [0, 0.05) is 51.1 Å². The summed E-state index contributed by atoms with van der Waals surface area (Å²) >= 11 is 0. The van der Waals surface area contributed by atoms with E-state index in [-0.39, 0.29) is 30.9 Å². The molecule has 0 radical (unpaired) electrons. The Kier molecular flexibility index (Phi) is 11.1. The van der Waals surface area contributed by atoms with Crippen LogP contribution in [0.2, 0.25) is 0 Å². The van der Waals surface area contributed by atoms with Gasteiger partial charge in [-0.2, -0.15) is 13.2 Å². The number of nitrogens with zero attached hydrogens (tertiary/aromatic N) is 3. The predicted octanol–water partition coefficient (Wildman–Crippen LogP) is 6.54. The molecule has 9 nitrogen and oxygen atoms in total. The van der Waals surface area contributed by atoms with E-state index >= 15 is 4.39 Å². The van der Waals surface area contributed by atoms with Crippen molar-refractivity contribution in [1.82, 2.24) is 9.97 Å². The third-order valence-electron chi connectivity index (χ3n) is 7.78. The monoisotopic (exact) mass is 633 g/mol. The maximum absolute atomic E-state index is 15.7. The van der Waals surface area contributed by atoms with Crippen LogP contribution < -0.4 is 9.64 Å². The lowest BCUT2D eigenvalue weighted by atomic mass is 9.82. The number of methoxy groups -OCH3 is 2. The predicted molar refractivity (Wildman–Crippen MR) is 156 cm³/mol. The molecule has 45 heavy (non-hydrogen) atoms. The number of halogens is 4. The normalized spacial score (nSPS) is 16.9. The van der Waals surface area contributed by atoms with Gasteiger partial charge in [-0.15, -0.1) is 0 Å². The highest BCUT2D eigenvalue weighted by molar-refractivity contribution is 6.03. The molecule has 1 N–H and O–H groups in total. The minimum Gasteiger partial charge on any atom is -0.478 e. The summed E-state index contributed by atoms with van der Waals surface area (Å²) < 4.78 is 74.0. The summed E-state index contributed by atoms with van der Waals surface area (Å²) in [5.41, 5.74) is -1.77. The zero-order valence-electron chi connectivity index (χ0n) is 25.1. The number of aromatic carboxylic acids is 1. The average molecular weight is 634 g/mol. The Labute approximate surface area is 258 Å². The van der Waals surface area contributed by atoms with Crippen molar-refractivity contribution in [2.75, 3.05) is 32.3 Å². The lowest BCUT2D eigenvalue weighted by Crippen LogP contribution is -2.49. The topological polar surface area (TPSA) is 111 Å². The van der Waals surface area contributed by atoms with Crippen molar-refractivity contribution in [3.05, 3.63) is 77.1 Å². The van der Waals surface area contributed by atoms with Crippen LogP contribution in [-0.4, -0.2) is 60.4 Å². The maximum Gasteiger partial charge on any atom is 0.419 e. The molecule has 0 aliphatic heterocycles. The molecule has 0 saturated heterocycles. The van der Waals surface area contributed by atoms with Gasteiger partial charge in [0.1, 0.15) is 11.6 Å². The summed E-state index contributed by atoms with van der Waals surface area (Å²) in [6, 6.07) is 5.59. The summed E-state index contributed by atoms with van der Waals surface area (Å²) in [6.07, 6.45) is 0.795. The standard InChI is InChI=1S/C32H35F4N3O6/c1-19-5-8-21(9-6-19)30(40)39(22(17-43-2)18-44-3)26-16-25(33)28(15-23(26)31(41)42)45-27-10-7-20(13-24(27)32(34,35)36)14-29-37-11-4-12-38-29/h4,7,10-13,15-16,19,21-22H,5-6,8-9,14,17-18H2,1-3H3,(H,41,42). The highest BCUT2D eigenvalue weighted by Crippen LogP contribution is 2.41. The number of hydrogen-bond donors (Lipinski definition) is 1. The zero-order valence-corrected chi connectivity index (χ0v) is 25.1. The first kappa shape index (κ1) is 33.8. The van der Waals surface area contributed by atoms with Gasteiger partial charge >= 0.3 is 12.1 Å². The minimum atomic E-state index is -4.89. The molecular weight excluding hydrogens is 598 g/mol. The molecule has 3 aromatic rings. The molecule has 0 unspecified atom stereocenters. The number of ether oxygens (including phenoxy) is 3. The van der Waals surface area contributed by atoms with Crippen molar-refractivity contribution in [2.24, 2.45) is 11.8 Å². The number of carboxylic acids is 1. The molecular formula is C32H35F4N3O6. The SMILES string of the molecule is COCC(COC)N(C(=O)C1CCC(C)CC1)c1cc(F)c(Oc2ccc(Cc3ncccn3)cc2C(F)(F)F)cc1C(=O)O. The number of hydrogen-bond acceptors (Lipinski definition) is 7. The van der Waals surface area contributed by atoms with Gasteiger partial charge in [0.25, 0.3) is 0 Å². The van der Waals surface area contributed by atoms with E-state index in [1.807, 2.05) is 0 Å². The lowest BCUT2D eigenvalue weighted by molar-refractivity contribution is -0.138. The first-order valence-corrected chi connectivity index (χ1v) is 14.4. The average Bonchev–Trinajstić information content (AvgIpc) is 2.99. The Balaban J connectivity index is 1.75. The molecule has 242 valence electrons. The molecule has 1 heterocycles. The van der Waals surface area contributed by atoms with Gasteiger partial charge in [0.05, 0.1) is 36.1 Å². The second kappa shape index (κ2) is 14.8. The van der Waals surface area contributed by atoms with E-state index in [9.17, 15) is 27.9 Å². The summed E-state index contributed by atoms with van der Waals surface area (Å²) in [4.78, 5) is 35.6. The molecule has 1 saturated carbocycles. The van der Waals surface area contributed by atoms with Crippen molar-refractivity contribution < 1.29 is 46.5 Å². The van der Waals surface area contributed by atoms with Crippen LogP contribution in [0.4, 0.5) is 23.2 Å². The summed E-state index contributed by atoms with van der Waals surface area (Å²) in [7, 11) is 2.80. The van der Waals surface area contributed by atoms with E-state index in [1.165, 1.54) is 37.6 Å². The molecule has 1 amide bonds. The molecule has 0 spiro atoms. The third kappa shape index (κ3) is 8.34. The summed E-state index contributed by atoms with van der Waals surface area (Å²) in [6.45, 7) is 2.00. The molecule has 1 aromatic heterocycles. The van der Waals surface area contributed by atoms with E-state index in [0.29, 0.717) is 24.6 Å². The van der Waals surface area contributed by atoms with E-state index in [0.717, 1.165) is 37.1 Å². The van der Waals surface area contributed by atoms with Crippen LogP contribution in [-0.2, 0) is 26.9 Å². The van der Waals surface area contributed by atoms with Crippen molar-refractivity contribution in [2.45, 2.75) is 51.2 Å². The van der Waals surface area contributed by atoms with Crippen LogP contribution in [0.25, 0.3) is 0 Å². The second-order valence-electron chi connectivity index (χ2n) is 11.1. The van der Waals surface area contributed by atoms with Crippen molar-refractivity contribution in [3.63, 3.8) is 0 Å². The number of carboxylic acid groups (broad SMARTS) is 1. The first-order chi connectivity index (χ1) is 21.4. The Morgan fingerprint density at radius 2 is 1.64 bits per heavy atom. The minimum absolute atomic E-state index is 0.00427. The van der Waals surface area contributed by atoms with Crippen LogP contribution >= 0.6 is 0 Å². The second-order valence-corrected chi connectivity index (χ2v) is 11.1. The van der Waals surface area contributed by atoms with Gasteiger partial charge in [-0.3, -0.25) is 4.79 Å². The fourth-order valence-corrected chi connectivity index (χ4v) is 5.49. The Hall–Kier alpha value is -4.10. The van der Waals surface area contributed by atoms with Crippen LogP contribution in [0.1, 0.15) is 59.9 Å². The quantitative estimate of drug-likeness (QED) is 0.224. The number of rotatable bonds is 12. The maximum atomic E-state index is 15.7. The van der Waals surface area contributed by atoms with Crippen LogP contribution in [0.5, 0.6) is 11.5 Å². The van der Waals surface area contributed by atoms with E-state index in [1.54, 1.807) is 6.07 Å². The number of aromatic nitrogens is 2. The zero-order chi connectivity index (χ0) is 32.7. The van der Waals surface area contributed by atoms with Crippen LogP contribution in [0.3, 0.4) is 0 Å². The number of carbonyl (C=O) groups excluding carboxylic acids is 1. The number of carbonyl (C=O) groups is 2. The van der Waals surface area contributed by atoms with E-state index < -0.39 is 58.5 Å². The van der Waals surface area contributed by atoms with Gasteiger partial charge in [0.2, 0.25) is 5.91 Å². The van der Waals surface area contributed by atoms with Gasteiger partial charge < -0.3 is 24.2 Å². The van der Waals surface area contributed by atoms with Gasteiger partial charge in [-0.05, 0) is 55.4 Å². The lowest BCUT2D eigenvalue weighted by Gasteiger charge is -2.36. The number of anilines is 1. The smallest absolute Gasteiger partial charge is 0.419 e. The molecule has 2 aromatic carbocycles. The number of benzene rings is 2. The highest BCUT2D eigenvalue weighted by Gasteiger charge is 2.37. The molecule has 4 rings (SSSR count). The third-order valence-corrected chi connectivity index (χ3v) is 7.78. The Morgan fingerprint density at radius 1 is 1.00 bits per heavy atom. The van der Waals surface area contributed by atoms with E-state index in [2.05, 4.69) is 16.9 Å². The van der Waals surface area contributed by atoms with Gasteiger partial charge in [-0.1, -0.05) is 13.0 Å². The van der Waals surface area contributed by atoms with Gasteiger partial charge in [-0.25, -0.2) is 19.2 Å². The molecule has 1 fully saturated rings. The Morgan fingerprint density at radius 3 is 2.22 bits per heavy atom. The van der Waals surface area contributed by atoms with Crippen LogP contribution in [0.15, 0.2) is 48.8 Å². The molecule has 0 atom stereocenters. The molecule has 1 aliphatic carbocycles. The van der Waals surface area contributed by atoms with Crippen molar-refractivity contribution in [1.29, 1.82) is 0 Å². The van der Waals surface area contributed by atoms with Crippen molar-refractivity contribution in [3.8, 4) is 11.5 Å². The molecule has 1 aliphatic rings.